The number of oxazole rings is 1. The van der Waals surface area contributed by atoms with E-state index in [9.17, 15) is 4.79 Å². The Morgan fingerprint density at radius 3 is 3.24 bits per heavy atom. The summed E-state index contributed by atoms with van der Waals surface area (Å²) in [5, 5.41) is 3.46. The molecule has 2 unspecified atom stereocenters. The molecule has 2 aliphatic heterocycles. The van der Waals surface area contributed by atoms with Crippen molar-refractivity contribution in [2.24, 2.45) is 0 Å². The first-order chi connectivity index (χ1) is 8.27. The van der Waals surface area contributed by atoms with Crippen LogP contribution in [0.4, 0.5) is 0 Å². The fourth-order valence-corrected chi connectivity index (χ4v) is 2.96. The minimum atomic E-state index is -0.00148. The highest BCUT2D eigenvalue weighted by molar-refractivity contribution is 5.92. The maximum atomic E-state index is 12.4. The van der Waals surface area contributed by atoms with E-state index in [2.05, 4.69) is 10.3 Å². The third kappa shape index (κ3) is 1.74. The molecule has 2 fully saturated rings. The smallest absolute Gasteiger partial charge is 0.291 e. The molecular weight excluding hydrogens is 218 g/mol. The van der Waals surface area contributed by atoms with Gasteiger partial charge in [0, 0.05) is 18.6 Å². The van der Waals surface area contributed by atoms with Crippen LogP contribution in [0.25, 0.3) is 0 Å². The molecule has 1 amide bonds. The van der Waals surface area contributed by atoms with E-state index >= 15 is 0 Å². The maximum absolute atomic E-state index is 12.4. The van der Waals surface area contributed by atoms with Gasteiger partial charge in [-0.1, -0.05) is 0 Å². The first-order valence-corrected chi connectivity index (χ1v) is 6.22. The van der Waals surface area contributed by atoms with E-state index in [1.807, 2.05) is 11.8 Å². The molecule has 92 valence electrons. The number of amides is 1. The van der Waals surface area contributed by atoms with Crippen molar-refractivity contribution in [1.29, 1.82) is 0 Å². The molecular formula is C12H17N3O2. The summed E-state index contributed by atoms with van der Waals surface area (Å²) in [4.78, 5) is 18.3. The number of aromatic nitrogens is 1. The summed E-state index contributed by atoms with van der Waals surface area (Å²) in [5.41, 5.74) is 0.683. The zero-order valence-electron chi connectivity index (χ0n) is 9.98. The number of rotatable bonds is 1. The second-order valence-corrected chi connectivity index (χ2v) is 4.82. The molecule has 0 aliphatic carbocycles. The zero-order chi connectivity index (χ0) is 11.8. The Balaban J connectivity index is 1.83. The highest BCUT2D eigenvalue weighted by Gasteiger charge is 2.38. The predicted octanol–water partition coefficient (Wildman–Crippen LogP) is 0.950. The van der Waals surface area contributed by atoms with E-state index in [0.29, 0.717) is 23.5 Å². The van der Waals surface area contributed by atoms with E-state index in [-0.39, 0.29) is 5.91 Å². The predicted molar refractivity (Wildman–Crippen MR) is 61.7 cm³/mol. The number of fused-ring (bicyclic) bond motifs is 1. The monoisotopic (exact) mass is 235 g/mol. The number of nitrogens with one attached hydrogen (secondary N) is 1. The summed E-state index contributed by atoms with van der Waals surface area (Å²) >= 11 is 0. The van der Waals surface area contributed by atoms with Gasteiger partial charge >= 0.3 is 0 Å². The number of carbonyl (C=O) groups excluding carboxylic acids is 1. The van der Waals surface area contributed by atoms with Gasteiger partial charge in [-0.25, -0.2) is 4.98 Å². The molecule has 1 aromatic heterocycles. The summed E-state index contributed by atoms with van der Waals surface area (Å²) in [5.74, 6) is 0.399. The van der Waals surface area contributed by atoms with Gasteiger partial charge in [-0.05, 0) is 32.7 Å². The molecule has 0 aromatic carbocycles. The van der Waals surface area contributed by atoms with Crippen LogP contribution < -0.4 is 5.32 Å². The molecule has 2 saturated heterocycles. The fourth-order valence-electron chi connectivity index (χ4n) is 2.96. The van der Waals surface area contributed by atoms with Crippen LogP contribution in [0.1, 0.15) is 35.5 Å². The molecule has 0 spiro atoms. The molecule has 0 saturated carbocycles. The van der Waals surface area contributed by atoms with Crippen LogP contribution in [0.15, 0.2) is 10.8 Å². The summed E-state index contributed by atoms with van der Waals surface area (Å²) in [7, 11) is 0. The molecule has 1 N–H and O–H groups in total. The Hall–Kier alpha value is -1.36. The van der Waals surface area contributed by atoms with Crippen LogP contribution in [0, 0.1) is 6.92 Å². The van der Waals surface area contributed by atoms with Crippen molar-refractivity contribution in [3.63, 3.8) is 0 Å². The van der Waals surface area contributed by atoms with Crippen molar-refractivity contribution >= 4 is 5.91 Å². The SMILES string of the molecule is Cc1ncoc1C(=O)N1CCCC2NCCC21. The van der Waals surface area contributed by atoms with Crippen molar-refractivity contribution in [2.75, 3.05) is 13.1 Å². The quantitative estimate of drug-likeness (QED) is 0.787. The van der Waals surface area contributed by atoms with Crippen LogP contribution in [-0.2, 0) is 0 Å². The van der Waals surface area contributed by atoms with E-state index < -0.39 is 0 Å². The minimum absolute atomic E-state index is 0.00148. The first kappa shape index (κ1) is 10.8. The van der Waals surface area contributed by atoms with Gasteiger partial charge in [0.05, 0.1) is 5.69 Å². The van der Waals surface area contributed by atoms with Gasteiger partial charge in [-0.2, -0.15) is 0 Å². The van der Waals surface area contributed by atoms with Crippen LogP contribution in [0.3, 0.4) is 0 Å². The number of aryl methyl sites for hydroxylation is 1. The molecule has 17 heavy (non-hydrogen) atoms. The largest absolute Gasteiger partial charge is 0.438 e. The average molecular weight is 235 g/mol. The van der Waals surface area contributed by atoms with Crippen LogP contribution in [0.5, 0.6) is 0 Å². The standard InChI is InChI=1S/C12H17N3O2/c1-8-11(17-7-14-8)12(16)15-6-2-3-9-10(15)4-5-13-9/h7,9-10,13H,2-6H2,1H3. The highest BCUT2D eigenvalue weighted by atomic mass is 16.3. The first-order valence-electron chi connectivity index (χ1n) is 6.22. The number of hydrogen-bond acceptors (Lipinski definition) is 4. The van der Waals surface area contributed by atoms with Crippen molar-refractivity contribution < 1.29 is 9.21 Å². The van der Waals surface area contributed by atoms with Gasteiger partial charge in [0.2, 0.25) is 5.76 Å². The lowest BCUT2D eigenvalue weighted by molar-refractivity contribution is 0.0566. The Bertz CT molecular complexity index is 429. The molecule has 3 heterocycles. The lowest BCUT2D eigenvalue weighted by Gasteiger charge is -2.36. The van der Waals surface area contributed by atoms with Gasteiger partial charge in [0.15, 0.2) is 6.39 Å². The van der Waals surface area contributed by atoms with Gasteiger partial charge < -0.3 is 14.6 Å². The number of likely N-dealkylation sites (tertiary alicyclic amines) is 1. The van der Waals surface area contributed by atoms with Crippen molar-refractivity contribution in [3.05, 3.63) is 17.8 Å². The Morgan fingerprint density at radius 1 is 1.59 bits per heavy atom. The summed E-state index contributed by atoms with van der Waals surface area (Å²) in [6, 6.07) is 0.802. The van der Waals surface area contributed by atoms with Gasteiger partial charge in [-0.15, -0.1) is 0 Å². The highest BCUT2D eigenvalue weighted by Crippen LogP contribution is 2.26. The van der Waals surface area contributed by atoms with E-state index in [1.165, 1.54) is 12.8 Å². The van der Waals surface area contributed by atoms with Crippen LogP contribution in [0.2, 0.25) is 0 Å². The maximum Gasteiger partial charge on any atom is 0.291 e. The van der Waals surface area contributed by atoms with Crippen LogP contribution in [-0.4, -0.2) is 41.0 Å². The lowest BCUT2D eigenvalue weighted by atomic mass is 9.97. The Morgan fingerprint density at radius 2 is 2.47 bits per heavy atom. The fraction of sp³-hybridized carbons (Fsp3) is 0.667. The number of nitrogens with zero attached hydrogens (tertiary/aromatic N) is 2. The molecule has 1 aromatic rings. The minimum Gasteiger partial charge on any atom is -0.438 e. The number of piperidine rings is 1. The topological polar surface area (TPSA) is 58.4 Å². The number of hydrogen-bond donors (Lipinski definition) is 1. The van der Waals surface area contributed by atoms with Gasteiger partial charge in [0.25, 0.3) is 5.91 Å². The average Bonchev–Trinajstić information content (AvgIpc) is 2.95. The Kier molecular flexibility index (Phi) is 2.63. The van der Waals surface area contributed by atoms with E-state index in [0.717, 1.165) is 25.9 Å². The normalized spacial score (nSPS) is 28.2. The van der Waals surface area contributed by atoms with E-state index in [4.69, 9.17) is 4.42 Å². The molecule has 3 rings (SSSR count). The molecule has 2 aliphatic rings. The summed E-state index contributed by atoms with van der Waals surface area (Å²) in [6.07, 6.45) is 4.62. The molecule has 2 atom stereocenters. The Labute approximate surface area is 100 Å². The van der Waals surface area contributed by atoms with E-state index in [1.54, 1.807) is 0 Å². The zero-order valence-corrected chi connectivity index (χ0v) is 9.98. The molecule has 5 nitrogen and oxygen atoms in total. The number of carbonyl (C=O) groups is 1. The van der Waals surface area contributed by atoms with Crippen molar-refractivity contribution in [2.45, 2.75) is 38.3 Å². The van der Waals surface area contributed by atoms with Gasteiger partial charge in [-0.3, -0.25) is 4.79 Å². The van der Waals surface area contributed by atoms with Crippen molar-refractivity contribution in [1.82, 2.24) is 15.2 Å². The summed E-state index contributed by atoms with van der Waals surface area (Å²) in [6.45, 7) is 3.65. The van der Waals surface area contributed by atoms with Crippen molar-refractivity contribution in [3.8, 4) is 0 Å². The lowest BCUT2D eigenvalue weighted by Crippen LogP contribution is -2.51. The third-order valence-electron chi connectivity index (χ3n) is 3.83. The molecule has 5 heteroatoms. The second kappa shape index (κ2) is 4.14. The van der Waals surface area contributed by atoms with Crippen LogP contribution >= 0.6 is 0 Å². The summed E-state index contributed by atoms with van der Waals surface area (Å²) < 4.78 is 5.21. The third-order valence-corrected chi connectivity index (χ3v) is 3.83. The second-order valence-electron chi connectivity index (χ2n) is 4.82. The van der Waals surface area contributed by atoms with Gasteiger partial charge in [0.1, 0.15) is 0 Å². The molecule has 0 radical (unpaired) electrons. The molecule has 0 bridgehead atoms.